The summed E-state index contributed by atoms with van der Waals surface area (Å²) in [5.41, 5.74) is 0. The molecule has 80 valence electrons. The van der Waals surface area contributed by atoms with Crippen molar-refractivity contribution >= 4 is 5.91 Å². The summed E-state index contributed by atoms with van der Waals surface area (Å²) in [6.07, 6.45) is 3.44. The summed E-state index contributed by atoms with van der Waals surface area (Å²) in [4.78, 5) is 11.3. The lowest BCUT2D eigenvalue weighted by Crippen LogP contribution is -2.24. The first-order valence-electron chi connectivity index (χ1n) is 5.01. The van der Waals surface area contributed by atoms with E-state index < -0.39 is 0 Å². The van der Waals surface area contributed by atoms with Gasteiger partial charge >= 0.3 is 0 Å². The van der Waals surface area contributed by atoms with E-state index in [0.717, 1.165) is 5.76 Å². The molecule has 0 aliphatic heterocycles. The number of furan rings is 1. The summed E-state index contributed by atoms with van der Waals surface area (Å²) in [6, 6.07) is 3.69. The van der Waals surface area contributed by atoms with Gasteiger partial charge in [0.15, 0.2) is 0 Å². The van der Waals surface area contributed by atoms with Crippen LogP contribution < -0.4 is 5.32 Å². The third kappa shape index (κ3) is 4.92. The van der Waals surface area contributed by atoms with Gasteiger partial charge in [-0.3, -0.25) is 4.79 Å². The summed E-state index contributed by atoms with van der Waals surface area (Å²) in [5, 5.41) is 2.80. The second-order valence-corrected chi connectivity index (χ2v) is 3.11. The van der Waals surface area contributed by atoms with E-state index >= 15 is 0 Å². The van der Waals surface area contributed by atoms with Crippen LogP contribution in [0.2, 0.25) is 0 Å². The first kappa shape index (κ1) is 11.4. The van der Waals surface area contributed by atoms with Crippen LogP contribution in [0.4, 0.5) is 0 Å². The molecule has 0 spiro atoms. The van der Waals surface area contributed by atoms with Crippen LogP contribution in [0.3, 0.4) is 0 Å². The highest BCUT2D eigenvalue weighted by Gasteiger charge is 2.02. The smallest absolute Gasteiger partial charge is 0.220 e. The van der Waals surface area contributed by atoms with Gasteiger partial charge in [0.2, 0.25) is 5.91 Å². The molecule has 1 aromatic heterocycles. The van der Waals surface area contributed by atoms with E-state index in [0.29, 0.717) is 25.8 Å². The van der Waals surface area contributed by atoms with E-state index in [1.165, 1.54) is 0 Å². The minimum atomic E-state index is 0.0457. The van der Waals surface area contributed by atoms with Crippen LogP contribution >= 0.6 is 0 Å². The summed E-state index contributed by atoms with van der Waals surface area (Å²) in [6.45, 7) is 2.41. The Balaban J connectivity index is 2.10. The molecule has 0 radical (unpaired) electrons. The lowest BCUT2D eigenvalue weighted by Gasteiger charge is -2.01. The Hall–Kier alpha value is -1.69. The van der Waals surface area contributed by atoms with Crippen molar-refractivity contribution in [3.05, 3.63) is 24.2 Å². The van der Waals surface area contributed by atoms with Crippen LogP contribution in [0.1, 0.15) is 25.5 Å². The standard InChI is InChI=1S/C12H15NO2/c1-2-3-4-9-13-12(14)8-7-11-6-5-10-15-11/h5-6,10H,4,7-9H2,1H3,(H,13,14). The molecule has 3 heteroatoms. The second-order valence-electron chi connectivity index (χ2n) is 3.11. The highest BCUT2D eigenvalue weighted by molar-refractivity contribution is 5.76. The molecular formula is C12H15NO2. The molecule has 1 rings (SSSR count). The lowest BCUT2D eigenvalue weighted by molar-refractivity contribution is -0.121. The molecule has 0 bridgehead atoms. The Kier molecular flexibility index (Phi) is 5.10. The number of nitrogens with one attached hydrogen (secondary N) is 1. The first-order valence-corrected chi connectivity index (χ1v) is 5.01. The van der Waals surface area contributed by atoms with Gasteiger partial charge in [0.25, 0.3) is 0 Å². The predicted molar refractivity (Wildman–Crippen MR) is 58.1 cm³/mol. The Bertz CT molecular complexity index is 343. The molecule has 0 atom stereocenters. The molecule has 15 heavy (non-hydrogen) atoms. The van der Waals surface area contributed by atoms with Crippen LogP contribution in [0.15, 0.2) is 22.8 Å². The zero-order valence-electron chi connectivity index (χ0n) is 8.88. The fraction of sp³-hybridized carbons (Fsp3) is 0.417. The molecule has 0 saturated heterocycles. The summed E-state index contributed by atoms with van der Waals surface area (Å²) in [7, 11) is 0. The van der Waals surface area contributed by atoms with E-state index in [1.807, 2.05) is 12.1 Å². The van der Waals surface area contributed by atoms with Crippen molar-refractivity contribution in [3.63, 3.8) is 0 Å². The number of rotatable bonds is 5. The number of carbonyl (C=O) groups excluding carboxylic acids is 1. The van der Waals surface area contributed by atoms with Crippen LogP contribution in [0.5, 0.6) is 0 Å². The van der Waals surface area contributed by atoms with Crippen molar-refractivity contribution in [1.82, 2.24) is 5.32 Å². The van der Waals surface area contributed by atoms with Crippen LogP contribution in [0, 0.1) is 11.8 Å². The maximum absolute atomic E-state index is 11.3. The number of hydrogen-bond donors (Lipinski definition) is 1. The van der Waals surface area contributed by atoms with Crippen molar-refractivity contribution in [2.24, 2.45) is 0 Å². The molecule has 1 N–H and O–H groups in total. The number of amides is 1. The summed E-state index contributed by atoms with van der Waals surface area (Å²) in [5.74, 6) is 6.56. The molecule has 0 unspecified atom stereocenters. The average Bonchev–Trinajstić information content (AvgIpc) is 2.74. The molecule has 3 nitrogen and oxygen atoms in total. The topological polar surface area (TPSA) is 42.2 Å². The highest BCUT2D eigenvalue weighted by Crippen LogP contribution is 2.02. The SMILES string of the molecule is CC#CCCNC(=O)CCc1ccco1. The Morgan fingerprint density at radius 1 is 1.60 bits per heavy atom. The quantitative estimate of drug-likeness (QED) is 0.587. The van der Waals surface area contributed by atoms with E-state index in [4.69, 9.17) is 4.42 Å². The monoisotopic (exact) mass is 205 g/mol. The van der Waals surface area contributed by atoms with Crippen LogP contribution in [-0.4, -0.2) is 12.5 Å². The molecule has 0 aromatic carbocycles. The maximum Gasteiger partial charge on any atom is 0.220 e. The molecule has 0 saturated carbocycles. The third-order valence-electron chi connectivity index (χ3n) is 1.93. The normalized spacial score (nSPS) is 9.13. The highest BCUT2D eigenvalue weighted by atomic mass is 16.3. The van der Waals surface area contributed by atoms with Gasteiger partial charge in [-0.1, -0.05) is 0 Å². The third-order valence-corrected chi connectivity index (χ3v) is 1.93. The minimum Gasteiger partial charge on any atom is -0.469 e. The Morgan fingerprint density at radius 2 is 2.47 bits per heavy atom. The molecule has 1 amide bonds. The van der Waals surface area contributed by atoms with Gasteiger partial charge in [0, 0.05) is 25.8 Å². The Morgan fingerprint density at radius 3 is 3.13 bits per heavy atom. The lowest BCUT2D eigenvalue weighted by atomic mass is 10.2. The molecule has 1 aromatic rings. The number of carbonyl (C=O) groups is 1. The molecule has 0 aliphatic carbocycles. The van der Waals surface area contributed by atoms with E-state index in [-0.39, 0.29) is 5.91 Å². The molecular weight excluding hydrogens is 190 g/mol. The van der Waals surface area contributed by atoms with E-state index in [1.54, 1.807) is 13.2 Å². The van der Waals surface area contributed by atoms with E-state index in [2.05, 4.69) is 17.2 Å². The summed E-state index contributed by atoms with van der Waals surface area (Å²) < 4.78 is 5.12. The molecule has 1 heterocycles. The summed E-state index contributed by atoms with van der Waals surface area (Å²) >= 11 is 0. The van der Waals surface area contributed by atoms with Gasteiger partial charge in [0.1, 0.15) is 5.76 Å². The van der Waals surface area contributed by atoms with Gasteiger partial charge in [-0.2, -0.15) is 0 Å². The van der Waals surface area contributed by atoms with Crippen molar-refractivity contribution in [3.8, 4) is 11.8 Å². The predicted octanol–water partition coefficient (Wildman–Crippen LogP) is 1.74. The van der Waals surface area contributed by atoms with Crippen molar-refractivity contribution < 1.29 is 9.21 Å². The van der Waals surface area contributed by atoms with Crippen LogP contribution in [0.25, 0.3) is 0 Å². The van der Waals surface area contributed by atoms with E-state index in [9.17, 15) is 4.79 Å². The van der Waals surface area contributed by atoms with Gasteiger partial charge < -0.3 is 9.73 Å². The zero-order valence-corrected chi connectivity index (χ0v) is 8.88. The fourth-order valence-corrected chi connectivity index (χ4v) is 1.17. The maximum atomic E-state index is 11.3. The molecule has 0 aliphatic rings. The fourth-order valence-electron chi connectivity index (χ4n) is 1.17. The second kappa shape index (κ2) is 6.72. The van der Waals surface area contributed by atoms with Crippen molar-refractivity contribution in [2.45, 2.75) is 26.2 Å². The number of hydrogen-bond acceptors (Lipinski definition) is 2. The number of aryl methyl sites for hydroxylation is 1. The van der Waals surface area contributed by atoms with Gasteiger partial charge in [-0.15, -0.1) is 11.8 Å². The molecule has 0 fully saturated rings. The van der Waals surface area contributed by atoms with Gasteiger partial charge in [-0.25, -0.2) is 0 Å². The van der Waals surface area contributed by atoms with Crippen LogP contribution in [-0.2, 0) is 11.2 Å². The van der Waals surface area contributed by atoms with Crippen molar-refractivity contribution in [1.29, 1.82) is 0 Å². The largest absolute Gasteiger partial charge is 0.469 e. The van der Waals surface area contributed by atoms with Gasteiger partial charge in [0.05, 0.1) is 6.26 Å². The van der Waals surface area contributed by atoms with Gasteiger partial charge in [-0.05, 0) is 19.1 Å². The first-order chi connectivity index (χ1) is 7.33. The Labute approximate surface area is 89.9 Å². The minimum absolute atomic E-state index is 0.0457. The average molecular weight is 205 g/mol. The van der Waals surface area contributed by atoms with Crippen molar-refractivity contribution in [2.75, 3.05) is 6.54 Å². The zero-order chi connectivity index (χ0) is 10.9.